The standard InChI is InChI=1S/C18H18Cl2N2O4S/c1-11-8-14(27(24,25)22-13-3-4-13)5-7-17(11)26-10-18(23)21-16-6-2-12(19)9-15(16)20/h2,5-9,13,22H,3-4,10H2,1H3,(H,21,23). The minimum Gasteiger partial charge on any atom is -0.483 e. The van der Waals surface area contributed by atoms with Gasteiger partial charge in [0.1, 0.15) is 5.75 Å². The summed E-state index contributed by atoms with van der Waals surface area (Å²) in [4.78, 5) is 12.2. The van der Waals surface area contributed by atoms with Crippen LogP contribution >= 0.6 is 23.2 Å². The van der Waals surface area contributed by atoms with Crippen molar-refractivity contribution in [3.63, 3.8) is 0 Å². The first kappa shape index (κ1) is 19.9. The van der Waals surface area contributed by atoms with Gasteiger partial charge in [0.15, 0.2) is 6.61 Å². The van der Waals surface area contributed by atoms with Crippen molar-refractivity contribution in [1.82, 2.24) is 4.72 Å². The van der Waals surface area contributed by atoms with Crippen molar-refractivity contribution in [2.45, 2.75) is 30.7 Å². The third kappa shape index (κ3) is 5.35. The second kappa shape index (κ2) is 8.06. The summed E-state index contributed by atoms with van der Waals surface area (Å²) in [6.07, 6.45) is 1.73. The van der Waals surface area contributed by atoms with Gasteiger partial charge in [0.05, 0.1) is 15.6 Å². The molecule has 1 aliphatic carbocycles. The fourth-order valence-corrected chi connectivity index (χ4v) is 4.21. The predicted octanol–water partition coefficient (Wildman–Crippen LogP) is 3.76. The van der Waals surface area contributed by atoms with E-state index < -0.39 is 15.9 Å². The average molecular weight is 429 g/mol. The molecule has 2 N–H and O–H groups in total. The molecule has 9 heteroatoms. The smallest absolute Gasteiger partial charge is 0.262 e. The number of anilines is 1. The van der Waals surface area contributed by atoms with Crippen molar-refractivity contribution >= 4 is 44.8 Å². The van der Waals surface area contributed by atoms with Gasteiger partial charge in [0, 0.05) is 11.1 Å². The van der Waals surface area contributed by atoms with Gasteiger partial charge in [0.2, 0.25) is 10.0 Å². The van der Waals surface area contributed by atoms with Gasteiger partial charge in [-0.25, -0.2) is 13.1 Å². The number of aryl methyl sites for hydroxylation is 1. The highest BCUT2D eigenvalue weighted by Gasteiger charge is 2.28. The maximum absolute atomic E-state index is 12.2. The lowest BCUT2D eigenvalue weighted by molar-refractivity contribution is -0.118. The molecule has 6 nitrogen and oxygen atoms in total. The lowest BCUT2D eigenvalue weighted by Gasteiger charge is -2.12. The average Bonchev–Trinajstić information content (AvgIpc) is 3.39. The van der Waals surface area contributed by atoms with Gasteiger partial charge in [-0.15, -0.1) is 0 Å². The topological polar surface area (TPSA) is 84.5 Å². The van der Waals surface area contributed by atoms with E-state index in [2.05, 4.69) is 10.0 Å². The Kier molecular flexibility index (Phi) is 5.95. The molecule has 27 heavy (non-hydrogen) atoms. The van der Waals surface area contributed by atoms with Gasteiger partial charge in [-0.1, -0.05) is 23.2 Å². The highest BCUT2D eigenvalue weighted by Crippen LogP contribution is 2.27. The monoisotopic (exact) mass is 428 g/mol. The number of amides is 1. The molecule has 1 saturated carbocycles. The third-order valence-corrected chi connectivity index (χ3v) is 5.99. The first-order valence-electron chi connectivity index (χ1n) is 8.25. The SMILES string of the molecule is Cc1cc(S(=O)(=O)NC2CC2)ccc1OCC(=O)Nc1ccc(Cl)cc1Cl. The van der Waals surface area contributed by atoms with Crippen LogP contribution < -0.4 is 14.8 Å². The van der Waals surface area contributed by atoms with E-state index >= 15 is 0 Å². The Morgan fingerprint density at radius 3 is 2.56 bits per heavy atom. The van der Waals surface area contributed by atoms with Crippen LogP contribution in [0.5, 0.6) is 5.75 Å². The van der Waals surface area contributed by atoms with Gasteiger partial charge in [-0.3, -0.25) is 4.79 Å². The summed E-state index contributed by atoms with van der Waals surface area (Å²) < 4.78 is 32.6. The quantitative estimate of drug-likeness (QED) is 0.702. The largest absolute Gasteiger partial charge is 0.483 e. The molecule has 2 aromatic carbocycles. The Labute approximate surface area is 167 Å². The fourth-order valence-electron chi connectivity index (χ4n) is 2.36. The second-order valence-corrected chi connectivity index (χ2v) is 8.84. The number of hydrogen-bond acceptors (Lipinski definition) is 4. The van der Waals surface area contributed by atoms with Crippen molar-refractivity contribution < 1.29 is 17.9 Å². The molecular weight excluding hydrogens is 411 g/mol. The van der Waals surface area contributed by atoms with Crippen molar-refractivity contribution in [2.24, 2.45) is 0 Å². The zero-order valence-electron chi connectivity index (χ0n) is 14.5. The molecule has 0 spiro atoms. The van der Waals surface area contributed by atoms with Crippen molar-refractivity contribution in [2.75, 3.05) is 11.9 Å². The number of ether oxygens (including phenoxy) is 1. The van der Waals surface area contributed by atoms with Crippen LogP contribution in [0.2, 0.25) is 10.0 Å². The molecule has 0 heterocycles. The van der Waals surface area contributed by atoms with Crippen molar-refractivity contribution in [3.8, 4) is 5.75 Å². The van der Waals surface area contributed by atoms with Gasteiger partial charge < -0.3 is 10.1 Å². The lowest BCUT2D eigenvalue weighted by atomic mass is 10.2. The van der Waals surface area contributed by atoms with E-state index in [1.54, 1.807) is 25.1 Å². The zero-order chi connectivity index (χ0) is 19.6. The summed E-state index contributed by atoms with van der Waals surface area (Å²) in [6.45, 7) is 1.48. The first-order valence-corrected chi connectivity index (χ1v) is 10.5. The summed E-state index contributed by atoms with van der Waals surface area (Å²) in [5.41, 5.74) is 1.05. The summed E-state index contributed by atoms with van der Waals surface area (Å²) in [7, 11) is -3.53. The molecule has 2 aromatic rings. The highest BCUT2D eigenvalue weighted by molar-refractivity contribution is 7.89. The fraction of sp³-hybridized carbons (Fsp3) is 0.278. The predicted molar refractivity (Wildman–Crippen MR) is 105 cm³/mol. The van der Waals surface area contributed by atoms with E-state index in [0.717, 1.165) is 12.8 Å². The lowest BCUT2D eigenvalue weighted by Crippen LogP contribution is -2.25. The van der Waals surface area contributed by atoms with E-state index in [-0.39, 0.29) is 17.5 Å². The van der Waals surface area contributed by atoms with Gasteiger partial charge in [-0.05, 0) is 61.7 Å². The summed E-state index contributed by atoms with van der Waals surface area (Å²) in [5.74, 6) is 0.0310. The van der Waals surface area contributed by atoms with Crippen LogP contribution in [-0.4, -0.2) is 27.0 Å². The molecule has 144 valence electrons. The molecule has 0 radical (unpaired) electrons. The van der Waals surface area contributed by atoms with E-state index in [1.807, 2.05) is 0 Å². The normalized spacial score (nSPS) is 14.0. The summed E-state index contributed by atoms with van der Waals surface area (Å²) >= 11 is 11.8. The number of sulfonamides is 1. The first-order chi connectivity index (χ1) is 12.7. The van der Waals surface area contributed by atoms with Gasteiger partial charge in [0.25, 0.3) is 5.91 Å². The van der Waals surface area contributed by atoms with Crippen LogP contribution in [0.15, 0.2) is 41.3 Å². The number of nitrogens with one attached hydrogen (secondary N) is 2. The number of benzene rings is 2. The number of carbonyl (C=O) groups is 1. The zero-order valence-corrected chi connectivity index (χ0v) is 16.8. The number of rotatable bonds is 7. The Hall–Kier alpha value is -1.80. The molecule has 1 aliphatic rings. The van der Waals surface area contributed by atoms with Crippen molar-refractivity contribution in [3.05, 3.63) is 52.0 Å². The maximum Gasteiger partial charge on any atom is 0.262 e. The molecule has 0 aliphatic heterocycles. The minimum absolute atomic E-state index is 0.0367. The van der Waals surface area contributed by atoms with Crippen LogP contribution in [0.3, 0.4) is 0 Å². The number of carbonyl (C=O) groups excluding carboxylic acids is 1. The van der Waals surface area contributed by atoms with E-state index in [1.165, 1.54) is 18.2 Å². The van der Waals surface area contributed by atoms with Gasteiger partial charge >= 0.3 is 0 Å². The van der Waals surface area contributed by atoms with Crippen LogP contribution in [0.25, 0.3) is 0 Å². The van der Waals surface area contributed by atoms with Crippen LogP contribution in [0.4, 0.5) is 5.69 Å². The Bertz CT molecular complexity index is 975. The Morgan fingerprint density at radius 2 is 1.93 bits per heavy atom. The second-order valence-electron chi connectivity index (χ2n) is 6.28. The number of hydrogen-bond donors (Lipinski definition) is 2. The van der Waals surface area contributed by atoms with Crippen LogP contribution in [0, 0.1) is 6.92 Å². The summed E-state index contributed by atoms with van der Waals surface area (Å²) in [5, 5.41) is 3.42. The molecule has 1 amide bonds. The molecule has 0 saturated heterocycles. The molecule has 3 rings (SSSR count). The molecule has 0 bridgehead atoms. The van der Waals surface area contributed by atoms with Crippen LogP contribution in [0.1, 0.15) is 18.4 Å². The molecular formula is C18H18Cl2N2O4S. The molecule has 1 fully saturated rings. The van der Waals surface area contributed by atoms with Crippen molar-refractivity contribution in [1.29, 1.82) is 0 Å². The van der Waals surface area contributed by atoms with E-state index in [4.69, 9.17) is 27.9 Å². The number of halogens is 2. The minimum atomic E-state index is -3.53. The summed E-state index contributed by atoms with van der Waals surface area (Å²) in [6, 6.07) is 9.30. The third-order valence-electron chi connectivity index (χ3n) is 3.92. The maximum atomic E-state index is 12.2. The van der Waals surface area contributed by atoms with Crippen LogP contribution in [-0.2, 0) is 14.8 Å². The molecule has 0 unspecified atom stereocenters. The Balaban J connectivity index is 1.61. The van der Waals surface area contributed by atoms with E-state index in [9.17, 15) is 13.2 Å². The highest BCUT2D eigenvalue weighted by atomic mass is 35.5. The van der Waals surface area contributed by atoms with E-state index in [0.29, 0.717) is 27.0 Å². The Morgan fingerprint density at radius 1 is 1.19 bits per heavy atom. The molecule has 0 aromatic heterocycles. The van der Waals surface area contributed by atoms with Gasteiger partial charge in [-0.2, -0.15) is 0 Å². The molecule has 0 atom stereocenters.